The van der Waals surface area contributed by atoms with E-state index in [4.69, 9.17) is 4.74 Å². The summed E-state index contributed by atoms with van der Waals surface area (Å²) in [4.78, 5) is 3.32. The molecule has 2 aromatic carbocycles. The van der Waals surface area contributed by atoms with Gasteiger partial charge in [-0.15, -0.1) is 0 Å². The van der Waals surface area contributed by atoms with Gasteiger partial charge in [0.25, 0.3) is 0 Å². The Bertz CT molecular complexity index is 999. The highest BCUT2D eigenvalue weighted by atomic mass is 19.4. The molecule has 1 aliphatic rings. The molecule has 8 heteroatoms. The van der Waals surface area contributed by atoms with Crippen molar-refractivity contribution in [2.45, 2.75) is 38.2 Å². The van der Waals surface area contributed by atoms with Gasteiger partial charge in [-0.05, 0) is 66.8 Å². The lowest BCUT2D eigenvalue weighted by Gasteiger charge is -2.14. The normalized spacial score (nSPS) is 14.5. The third-order valence-corrected chi connectivity index (χ3v) is 4.87. The average Bonchev–Trinajstić information content (AvgIpc) is 3.19. The fourth-order valence-electron chi connectivity index (χ4n) is 3.58. The minimum Gasteiger partial charge on any atom is -0.489 e. The Kier molecular flexibility index (Phi) is 4.32. The third-order valence-electron chi connectivity index (χ3n) is 4.87. The Morgan fingerprint density at radius 3 is 2.18 bits per heavy atom. The highest BCUT2D eigenvalue weighted by Gasteiger charge is 2.36. The van der Waals surface area contributed by atoms with Crippen molar-refractivity contribution in [2.24, 2.45) is 0 Å². The maximum atomic E-state index is 13.0. The molecule has 0 saturated heterocycles. The Morgan fingerprint density at radius 2 is 1.54 bits per heavy atom. The molecular weight excluding hydrogens is 384 g/mol. The summed E-state index contributed by atoms with van der Waals surface area (Å²) in [6.07, 6.45) is -6.81. The standard InChI is InChI=1S/C20H15F6NO/c21-19(22,23)12-6-11(7-13(8-12)20(24,25)26)10-28-14-4-5-18-16(9-14)15-2-1-3-17(15)27-18/h4-9,27H,1-3,10H2. The molecule has 1 aromatic heterocycles. The molecule has 1 aliphatic carbocycles. The number of rotatable bonds is 3. The van der Waals surface area contributed by atoms with Gasteiger partial charge in [-0.3, -0.25) is 0 Å². The van der Waals surface area contributed by atoms with Crippen LogP contribution in [0, 0.1) is 0 Å². The molecule has 0 fully saturated rings. The van der Waals surface area contributed by atoms with Gasteiger partial charge in [-0.25, -0.2) is 0 Å². The number of aryl methyl sites for hydroxylation is 2. The largest absolute Gasteiger partial charge is 0.489 e. The predicted octanol–water partition coefficient (Wildman–Crippen LogP) is 6.27. The zero-order valence-electron chi connectivity index (χ0n) is 14.5. The zero-order valence-corrected chi connectivity index (χ0v) is 14.5. The van der Waals surface area contributed by atoms with Crippen molar-refractivity contribution < 1.29 is 31.1 Å². The van der Waals surface area contributed by atoms with Crippen LogP contribution in [0.15, 0.2) is 36.4 Å². The van der Waals surface area contributed by atoms with Crippen LogP contribution in [0.25, 0.3) is 10.9 Å². The summed E-state index contributed by atoms with van der Waals surface area (Å²) >= 11 is 0. The number of fused-ring (bicyclic) bond motifs is 3. The molecule has 0 saturated carbocycles. The predicted molar refractivity (Wildman–Crippen MR) is 91.1 cm³/mol. The van der Waals surface area contributed by atoms with Crippen molar-refractivity contribution in [1.29, 1.82) is 0 Å². The monoisotopic (exact) mass is 399 g/mol. The first-order valence-corrected chi connectivity index (χ1v) is 8.66. The van der Waals surface area contributed by atoms with Crippen molar-refractivity contribution in [2.75, 3.05) is 0 Å². The van der Waals surface area contributed by atoms with Gasteiger partial charge in [-0.1, -0.05) is 0 Å². The van der Waals surface area contributed by atoms with Crippen LogP contribution in [-0.4, -0.2) is 4.98 Å². The number of hydrogen-bond acceptors (Lipinski definition) is 1. The van der Waals surface area contributed by atoms with Crippen molar-refractivity contribution in [1.82, 2.24) is 4.98 Å². The maximum absolute atomic E-state index is 13.0. The molecule has 1 heterocycles. The summed E-state index contributed by atoms with van der Waals surface area (Å²) in [6, 6.07) is 6.69. The van der Waals surface area contributed by atoms with Gasteiger partial charge in [0, 0.05) is 16.6 Å². The van der Waals surface area contributed by atoms with Gasteiger partial charge >= 0.3 is 12.4 Å². The molecule has 4 rings (SSSR count). The number of halogens is 6. The van der Waals surface area contributed by atoms with Crippen LogP contribution in [0.2, 0.25) is 0 Å². The fraction of sp³-hybridized carbons (Fsp3) is 0.300. The minimum absolute atomic E-state index is 0.110. The molecule has 148 valence electrons. The number of ether oxygens (including phenoxy) is 1. The van der Waals surface area contributed by atoms with Crippen LogP contribution in [0.5, 0.6) is 5.75 Å². The van der Waals surface area contributed by atoms with Crippen LogP contribution in [-0.2, 0) is 31.8 Å². The van der Waals surface area contributed by atoms with Crippen molar-refractivity contribution in [3.8, 4) is 5.75 Å². The molecule has 0 atom stereocenters. The van der Waals surface area contributed by atoms with Gasteiger partial charge in [-0.2, -0.15) is 26.3 Å². The van der Waals surface area contributed by atoms with E-state index in [1.807, 2.05) is 0 Å². The summed E-state index contributed by atoms with van der Waals surface area (Å²) in [7, 11) is 0. The number of alkyl halides is 6. The van der Waals surface area contributed by atoms with Crippen LogP contribution in [0.4, 0.5) is 26.3 Å². The van der Waals surface area contributed by atoms with E-state index in [9.17, 15) is 26.3 Å². The minimum atomic E-state index is -4.87. The number of hydrogen-bond donors (Lipinski definition) is 1. The Labute approximate surface area is 156 Å². The number of H-pyrrole nitrogens is 1. The lowest BCUT2D eigenvalue weighted by Crippen LogP contribution is -2.12. The van der Waals surface area contributed by atoms with E-state index >= 15 is 0 Å². The quantitative estimate of drug-likeness (QED) is 0.516. The summed E-state index contributed by atoms with van der Waals surface area (Å²) in [6.45, 7) is -0.398. The van der Waals surface area contributed by atoms with Crippen LogP contribution in [0.1, 0.15) is 34.4 Å². The second-order valence-corrected chi connectivity index (χ2v) is 6.85. The number of aromatic nitrogens is 1. The van der Waals surface area contributed by atoms with E-state index in [0.29, 0.717) is 17.9 Å². The number of benzene rings is 2. The maximum Gasteiger partial charge on any atom is 0.416 e. The summed E-state index contributed by atoms with van der Waals surface area (Å²) in [5.74, 6) is 0.396. The Balaban J connectivity index is 1.61. The van der Waals surface area contributed by atoms with E-state index in [0.717, 1.165) is 30.2 Å². The Morgan fingerprint density at radius 1 is 0.857 bits per heavy atom. The lowest BCUT2D eigenvalue weighted by molar-refractivity contribution is -0.143. The molecule has 0 spiro atoms. The van der Waals surface area contributed by atoms with Crippen LogP contribution < -0.4 is 4.74 Å². The summed E-state index contributed by atoms with van der Waals surface area (Å²) in [5, 5.41) is 0.977. The highest BCUT2D eigenvalue weighted by Crippen LogP contribution is 2.37. The topological polar surface area (TPSA) is 25.0 Å². The first-order chi connectivity index (χ1) is 13.1. The first kappa shape index (κ1) is 18.7. The van der Waals surface area contributed by atoms with Gasteiger partial charge in [0.15, 0.2) is 0 Å². The summed E-state index contributed by atoms with van der Waals surface area (Å²) in [5.41, 5.74) is 0.412. The molecule has 3 aromatic rings. The lowest BCUT2D eigenvalue weighted by atomic mass is 10.1. The van der Waals surface area contributed by atoms with E-state index in [1.165, 1.54) is 11.3 Å². The van der Waals surface area contributed by atoms with Gasteiger partial charge < -0.3 is 9.72 Å². The van der Waals surface area contributed by atoms with E-state index in [-0.39, 0.29) is 11.6 Å². The van der Waals surface area contributed by atoms with Crippen molar-refractivity contribution in [3.05, 3.63) is 64.3 Å². The second kappa shape index (κ2) is 6.46. The van der Waals surface area contributed by atoms with Gasteiger partial charge in [0.05, 0.1) is 11.1 Å². The van der Waals surface area contributed by atoms with Gasteiger partial charge in [0.1, 0.15) is 12.4 Å². The van der Waals surface area contributed by atoms with Crippen molar-refractivity contribution in [3.63, 3.8) is 0 Å². The molecule has 0 unspecified atom stereocenters. The van der Waals surface area contributed by atoms with Crippen LogP contribution >= 0.6 is 0 Å². The van der Waals surface area contributed by atoms with Gasteiger partial charge in [0.2, 0.25) is 0 Å². The summed E-state index contributed by atoms with van der Waals surface area (Å²) < 4.78 is 83.2. The number of aromatic amines is 1. The molecule has 0 bridgehead atoms. The fourth-order valence-corrected chi connectivity index (χ4v) is 3.58. The molecular formula is C20H15F6NO. The molecule has 2 nitrogen and oxygen atoms in total. The average molecular weight is 399 g/mol. The SMILES string of the molecule is FC(F)(F)c1cc(COc2ccc3[nH]c4c(c3c2)CCC4)cc(C(F)(F)F)c1. The van der Waals surface area contributed by atoms with E-state index in [2.05, 4.69) is 4.98 Å². The van der Waals surface area contributed by atoms with Crippen LogP contribution in [0.3, 0.4) is 0 Å². The molecule has 1 N–H and O–H groups in total. The van der Waals surface area contributed by atoms with Crippen molar-refractivity contribution >= 4 is 10.9 Å². The van der Waals surface area contributed by atoms with E-state index < -0.39 is 30.1 Å². The second-order valence-electron chi connectivity index (χ2n) is 6.85. The molecule has 0 aliphatic heterocycles. The molecule has 28 heavy (non-hydrogen) atoms. The molecule has 0 amide bonds. The highest BCUT2D eigenvalue weighted by molar-refractivity contribution is 5.86. The number of nitrogens with one attached hydrogen (secondary N) is 1. The first-order valence-electron chi connectivity index (χ1n) is 8.66. The zero-order chi connectivity index (χ0) is 20.1. The Hall–Kier alpha value is -2.64. The third kappa shape index (κ3) is 3.55. The van der Waals surface area contributed by atoms with E-state index in [1.54, 1.807) is 18.2 Å². The smallest absolute Gasteiger partial charge is 0.416 e. The molecule has 0 radical (unpaired) electrons.